The van der Waals surface area contributed by atoms with Gasteiger partial charge in [-0.2, -0.15) is 0 Å². The summed E-state index contributed by atoms with van der Waals surface area (Å²) in [6.07, 6.45) is 1.15. The van der Waals surface area contributed by atoms with Crippen LogP contribution in [-0.4, -0.2) is 37.9 Å². The Morgan fingerprint density at radius 2 is 2.24 bits per heavy atom. The van der Waals surface area contributed by atoms with Crippen LogP contribution in [-0.2, 0) is 23.7 Å². The lowest BCUT2D eigenvalue weighted by atomic mass is 9.81. The first-order valence-electron chi connectivity index (χ1n) is 5.60. The molecule has 0 aromatic carbocycles. The van der Waals surface area contributed by atoms with E-state index in [4.69, 9.17) is 18.9 Å². The molecule has 0 radical (unpaired) electrons. The van der Waals surface area contributed by atoms with E-state index in [1.165, 1.54) is 7.11 Å². The first-order valence-corrected chi connectivity index (χ1v) is 5.60. The molecule has 0 aromatic rings. The van der Waals surface area contributed by atoms with E-state index in [2.05, 4.69) is 6.58 Å². The summed E-state index contributed by atoms with van der Waals surface area (Å²) in [6.45, 7) is 7.79. The van der Waals surface area contributed by atoms with Crippen LogP contribution >= 0.6 is 0 Å². The fraction of sp³-hybridized carbons (Fsp3) is 0.750. The summed E-state index contributed by atoms with van der Waals surface area (Å²) >= 11 is 0. The van der Waals surface area contributed by atoms with Crippen molar-refractivity contribution in [1.29, 1.82) is 0 Å². The molecule has 96 valence electrons. The Balaban J connectivity index is 2.19. The molecule has 0 aromatic heterocycles. The Labute approximate surface area is 101 Å². The lowest BCUT2D eigenvalue weighted by Crippen LogP contribution is -2.38. The van der Waals surface area contributed by atoms with Crippen molar-refractivity contribution in [1.82, 2.24) is 0 Å². The van der Waals surface area contributed by atoms with Gasteiger partial charge in [0.15, 0.2) is 12.1 Å². The summed E-state index contributed by atoms with van der Waals surface area (Å²) in [4.78, 5) is 11.5. The van der Waals surface area contributed by atoms with Crippen LogP contribution in [0.3, 0.4) is 0 Å². The third kappa shape index (κ3) is 2.10. The Bertz CT molecular complexity index is 338. The Morgan fingerprint density at radius 1 is 1.53 bits per heavy atom. The highest BCUT2D eigenvalue weighted by atomic mass is 16.8. The summed E-state index contributed by atoms with van der Waals surface area (Å²) in [7, 11) is 1.36. The molecule has 17 heavy (non-hydrogen) atoms. The lowest BCUT2D eigenvalue weighted by molar-refractivity contribution is -0.201. The van der Waals surface area contributed by atoms with Gasteiger partial charge in [0.2, 0.25) is 0 Å². The first-order chi connectivity index (χ1) is 7.92. The highest BCUT2D eigenvalue weighted by Gasteiger charge is 2.58. The number of hydrogen-bond donors (Lipinski definition) is 0. The van der Waals surface area contributed by atoms with Gasteiger partial charge in [-0.25, -0.2) is 0 Å². The van der Waals surface area contributed by atoms with E-state index in [-0.39, 0.29) is 18.5 Å². The average Bonchev–Trinajstić information content (AvgIpc) is 2.74. The number of methoxy groups -OCH3 is 1. The number of hydrogen-bond acceptors (Lipinski definition) is 5. The predicted molar refractivity (Wildman–Crippen MR) is 59.0 cm³/mol. The van der Waals surface area contributed by atoms with Gasteiger partial charge in [0.05, 0.1) is 25.6 Å². The van der Waals surface area contributed by atoms with E-state index in [9.17, 15) is 4.79 Å². The molecule has 0 N–H and O–H groups in total. The van der Waals surface area contributed by atoms with E-state index < -0.39 is 17.5 Å². The molecule has 0 saturated carbocycles. The fourth-order valence-corrected chi connectivity index (χ4v) is 2.30. The third-order valence-corrected chi connectivity index (χ3v) is 3.25. The van der Waals surface area contributed by atoms with Crippen molar-refractivity contribution in [2.45, 2.75) is 38.4 Å². The zero-order valence-electron chi connectivity index (χ0n) is 10.4. The molecule has 5 nitrogen and oxygen atoms in total. The number of carbonyl (C=O) groups excluding carboxylic acids is 1. The topological polar surface area (TPSA) is 54.0 Å². The minimum atomic E-state index is -0.694. The van der Waals surface area contributed by atoms with E-state index >= 15 is 0 Å². The molecule has 0 bridgehead atoms. The summed E-state index contributed by atoms with van der Waals surface area (Å²) in [5.41, 5.74) is -0.564. The van der Waals surface area contributed by atoms with Crippen molar-refractivity contribution in [2.75, 3.05) is 13.7 Å². The minimum absolute atomic E-state index is 0.188. The molecule has 0 unspecified atom stereocenters. The van der Waals surface area contributed by atoms with Crippen molar-refractivity contribution >= 4 is 5.97 Å². The molecule has 0 amide bonds. The minimum Gasteiger partial charge on any atom is -0.469 e. The fourth-order valence-electron chi connectivity index (χ4n) is 2.30. The molecular weight excluding hydrogens is 224 g/mol. The van der Waals surface area contributed by atoms with Gasteiger partial charge in [-0.3, -0.25) is 4.79 Å². The molecule has 0 spiro atoms. The van der Waals surface area contributed by atoms with Gasteiger partial charge in [0.25, 0.3) is 0 Å². The maximum Gasteiger partial charge on any atom is 0.306 e. The van der Waals surface area contributed by atoms with Crippen LogP contribution in [0.15, 0.2) is 12.7 Å². The predicted octanol–water partition coefficient (Wildman–Crippen LogP) is 1.23. The number of esters is 1. The molecule has 2 rings (SSSR count). The lowest BCUT2D eigenvalue weighted by Gasteiger charge is -2.29. The monoisotopic (exact) mass is 242 g/mol. The van der Waals surface area contributed by atoms with Crippen LogP contribution in [0.1, 0.15) is 20.3 Å². The van der Waals surface area contributed by atoms with E-state index in [1.807, 2.05) is 13.8 Å². The SMILES string of the molecule is C=C[C@@]1(CC(=O)OC)CO[C@@H]2OC(C)(C)O[C@@H]21. The Hall–Kier alpha value is -0.910. The maximum absolute atomic E-state index is 11.5. The second-order valence-corrected chi connectivity index (χ2v) is 4.93. The molecule has 2 aliphatic heterocycles. The number of ether oxygens (including phenoxy) is 4. The van der Waals surface area contributed by atoms with Gasteiger partial charge in [0, 0.05) is 0 Å². The normalized spacial score (nSPS) is 38.8. The smallest absolute Gasteiger partial charge is 0.306 e. The van der Waals surface area contributed by atoms with Crippen LogP contribution in [0.2, 0.25) is 0 Å². The number of fused-ring (bicyclic) bond motifs is 1. The van der Waals surface area contributed by atoms with Gasteiger partial charge in [-0.05, 0) is 13.8 Å². The average molecular weight is 242 g/mol. The van der Waals surface area contributed by atoms with Crippen molar-refractivity contribution < 1.29 is 23.7 Å². The van der Waals surface area contributed by atoms with Crippen LogP contribution in [0, 0.1) is 5.41 Å². The van der Waals surface area contributed by atoms with Crippen molar-refractivity contribution in [2.24, 2.45) is 5.41 Å². The maximum atomic E-state index is 11.5. The van der Waals surface area contributed by atoms with Crippen LogP contribution in [0.25, 0.3) is 0 Å². The molecule has 2 saturated heterocycles. The third-order valence-electron chi connectivity index (χ3n) is 3.25. The van der Waals surface area contributed by atoms with Crippen LogP contribution in [0.4, 0.5) is 0 Å². The second-order valence-electron chi connectivity index (χ2n) is 4.93. The Kier molecular flexibility index (Phi) is 3.01. The van der Waals surface area contributed by atoms with Gasteiger partial charge in [-0.1, -0.05) is 6.08 Å². The first kappa shape index (κ1) is 12.5. The zero-order chi connectivity index (χ0) is 12.7. The quantitative estimate of drug-likeness (QED) is 0.550. The van der Waals surface area contributed by atoms with E-state index in [0.717, 1.165) is 0 Å². The number of rotatable bonds is 3. The van der Waals surface area contributed by atoms with Gasteiger partial charge >= 0.3 is 5.97 Å². The van der Waals surface area contributed by atoms with E-state index in [0.29, 0.717) is 6.61 Å². The largest absolute Gasteiger partial charge is 0.469 e. The van der Waals surface area contributed by atoms with Crippen LogP contribution < -0.4 is 0 Å². The molecule has 5 heteroatoms. The molecular formula is C12H18O5. The summed E-state index contributed by atoms with van der Waals surface area (Å²) in [6, 6.07) is 0. The van der Waals surface area contributed by atoms with Gasteiger partial charge in [-0.15, -0.1) is 6.58 Å². The molecule has 2 fully saturated rings. The molecule has 2 heterocycles. The van der Waals surface area contributed by atoms with Crippen molar-refractivity contribution in [3.63, 3.8) is 0 Å². The van der Waals surface area contributed by atoms with E-state index in [1.54, 1.807) is 6.08 Å². The van der Waals surface area contributed by atoms with Gasteiger partial charge in [0.1, 0.15) is 6.10 Å². The molecule has 0 aliphatic carbocycles. The standard InChI is InChI=1S/C12H18O5/c1-5-12(6-8(13)14-4)7-15-10-9(12)16-11(2,3)17-10/h5,9-10H,1,6-7H2,2-4H3/t9-,10+,12+/m0/s1. The highest BCUT2D eigenvalue weighted by molar-refractivity contribution is 5.70. The molecule has 3 atom stereocenters. The van der Waals surface area contributed by atoms with Gasteiger partial charge < -0.3 is 18.9 Å². The van der Waals surface area contributed by atoms with Crippen LogP contribution in [0.5, 0.6) is 0 Å². The number of carbonyl (C=O) groups is 1. The molecule has 2 aliphatic rings. The second kappa shape index (κ2) is 4.08. The van der Waals surface area contributed by atoms with Crippen molar-refractivity contribution in [3.8, 4) is 0 Å². The summed E-state index contributed by atoms with van der Waals surface area (Å²) < 4.78 is 21.6. The Morgan fingerprint density at radius 3 is 2.82 bits per heavy atom. The van der Waals surface area contributed by atoms with Crippen molar-refractivity contribution in [3.05, 3.63) is 12.7 Å². The zero-order valence-corrected chi connectivity index (χ0v) is 10.4. The summed E-state index contributed by atoms with van der Waals surface area (Å²) in [5, 5.41) is 0. The summed E-state index contributed by atoms with van der Waals surface area (Å²) in [5.74, 6) is -0.998. The highest BCUT2D eigenvalue weighted by Crippen LogP contribution is 2.47.